The van der Waals surface area contributed by atoms with Gasteiger partial charge in [0.05, 0.1) is 18.6 Å². The van der Waals surface area contributed by atoms with Gasteiger partial charge in [-0.15, -0.1) is 0 Å². The minimum absolute atomic E-state index is 0.0323. The minimum atomic E-state index is -3.37. The molecule has 0 heterocycles. The Hall–Kier alpha value is -1.22. The van der Waals surface area contributed by atoms with Crippen LogP contribution < -0.4 is 4.72 Å². The van der Waals surface area contributed by atoms with Crippen molar-refractivity contribution < 1.29 is 13.5 Å². The van der Waals surface area contributed by atoms with Crippen molar-refractivity contribution in [2.24, 2.45) is 0 Å². The van der Waals surface area contributed by atoms with Crippen molar-refractivity contribution in [3.05, 3.63) is 28.8 Å². The van der Waals surface area contributed by atoms with Crippen molar-refractivity contribution in [2.45, 2.75) is 6.42 Å². The molecule has 0 aliphatic rings. The molecule has 0 spiro atoms. The minimum Gasteiger partial charge on any atom is -0.395 e. The predicted molar refractivity (Wildman–Crippen MR) is 68.5 cm³/mol. The van der Waals surface area contributed by atoms with Crippen molar-refractivity contribution in [1.29, 1.82) is 0 Å². The summed E-state index contributed by atoms with van der Waals surface area (Å²) in [4.78, 5) is 0. The van der Waals surface area contributed by atoms with Gasteiger partial charge in [-0.2, -0.15) is 0 Å². The van der Waals surface area contributed by atoms with Gasteiger partial charge in [0.2, 0.25) is 10.0 Å². The van der Waals surface area contributed by atoms with Gasteiger partial charge in [-0.05, 0) is 18.2 Å². The Balaban J connectivity index is 3.09. The molecule has 0 bridgehead atoms. The first-order chi connectivity index (χ1) is 7.92. The van der Waals surface area contributed by atoms with Crippen LogP contribution in [0.2, 0.25) is 5.02 Å². The third-order valence-electron chi connectivity index (χ3n) is 1.74. The predicted octanol–water partition coefficient (Wildman–Crippen LogP) is 1.45. The van der Waals surface area contributed by atoms with Gasteiger partial charge in [0.25, 0.3) is 0 Å². The van der Waals surface area contributed by atoms with E-state index in [0.29, 0.717) is 22.7 Å². The maximum Gasteiger partial charge on any atom is 0.229 e. The topological polar surface area (TPSA) is 66.4 Å². The number of hydrogen-bond acceptors (Lipinski definition) is 3. The fourth-order valence-corrected chi connectivity index (χ4v) is 1.86. The lowest BCUT2D eigenvalue weighted by Crippen LogP contribution is -2.10. The summed E-state index contributed by atoms with van der Waals surface area (Å²) in [7, 11) is -3.37. The summed E-state index contributed by atoms with van der Waals surface area (Å²) in [5.74, 6) is 5.49. The number of hydrogen-bond donors (Lipinski definition) is 2. The summed E-state index contributed by atoms with van der Waals surface area (Å²) in [6.07, 6.45) is 1.39. The molecule has 2 N–H and O–H groups in total. The monoisotopic (exact) mass is 273 g/mol. The highest BCUT2D eigenvalue weighted by Gasteiger charge is 2.06. The number of halogens is 1. The zero-order valence-electron chi connectivity index (χ0n) is 9.20. The molecule has 0 fully saturated rings. The van der Waals surface area contributed by atoms with E-state index in [-0.39, 0.29) is 6.61 Å². The highest BCUT2D eigenvalue weighted by atomic mass is 35.5. The van der Waals surface area contributed by atoms with Crippen LogP contribution in [-0.2, 0) is 10.0 Å². The van der Waals surface area contributed by atoms with Crippen LogP contribution in [0.25, 0.3) is 0 Å². The van der Waals surface area contributed by atoms with Crippen LogP contribution in [0.1, 0.15) is 12.0 Å². The molecule has 0 radical (unpaired) electrons. The van der Waals surface area contributed by atoms with E-state index in [1.54, 1.807) is 12.1 Å². The van der Waals surface area contributed by atoms with Crippen LogP contribution in [0, 0.1) is 11.8 Å². The molecule has 0 aliphatic carbocycles. The number of rotatable bonds is 3. The smallest absolute Gasteiger partial charge is 0.229 e. The maximum absolute atomic E-state index is 11.2. The van der Waals surface area contributed by atoms with Crippen LogP contribution in [0.15, 0.2) is 18.2 Å². The van der Waals surface area contributed by atoms with E-state index in [2.05, 4.69) is 16.6 Å². The molecule has 92 valence electrons. The maximum atomic E-state index is 11.2. The lowest BCUT2D eigenvalue weighted by atomic mass is 10.2. The molecular weight excluding hydrogens is 262 g/mol. The lowest BCUT2D eigenvalue weighted by Gasteiger charge is -2.06. The van der Waals surface area contributed by atoms with Crippen LogP contribution in [0.5, 0.6) is 0 Å². The van der Waals surface area contributed by atoms with Crippen molar-refractivity contribution in [3.63, 3.8) is 0 Å². The molecular formula is C11H12ClNO3S. The van der Waals surface area contributed by atoms with E-state index >= 15 is 0 Å². The summed E-state index contributed by atoms with van der Waals surface area (Å²) >= 11 is 5.78. The van der Waals surface area contributed by atoms with Gasteiger partial charge >= 0.3 is 0 Å². The molecule has 1 aromatic carbocycles. The van der Waals surface area contributed by atoms with Crippen LogP contribution in [0.3, 0.4) is 0 Å². The number of anilines is 1. The first kappa shape index (κ1) is 13.8. The van der Waals surface area contributed by atoms with Crippen molar-refractivity contribution in [2.75, 3.05) is 17.6 Å². The Morgan fingerprint density at radius 3 is 2.76 bits per heavy atom. The Labute approximate surface area is 106 Å². The second-order valence-corrected chi connectivity index (χ2v) is 5.52. The second kappa shape index (κ2) is 5.92. The molecule has 0 aromatic heterocycles. The Kier molecular flexibility index (Phi) is 4.82. The summed E-state index contributed by atoms with van der Waals surface area (Å²) in [5, 5.41) is 9.03. The Morgan fingerprint density at radius 2 is 2.18 bits per heavy atom. The second-order valence-electron chi connectivity index (χ2n) is 3.34. The standard InChI is InChI=1S/C11H12ClNO3S/c1-17(15,16)13-11-8-10(12)6-5-9(11)4-2-3-7-14/h5-6,8,13-14H,3,7H2,1H3. The van der Waals surface area contributed by atoms with Gasteiger partial charge in [0.1, 0.15) is 0 Å². The number of nitrogens with one attached hydrogen (secondary N) is 1. The fraction of sp³-hybridized carbons (Fsp3) is 0.273. The molecule has 4 nitrogen and oxygen atoms in total. The Bertz CT molecular complexity index is 558. The molecule has 17 heavy (non-hydrogen) atoms. The number of benzene rings is 1. The molecule has 1 rings (SSSR count). The van der Waals surface area contributed by atoms with E-state index in [9.17, 15) is 8.42 Å². The van der Waals surface area contributed by atoms with Crippen LogP contribution in [-0.4, -0.2) is 26.4 Å². The third-order valence-corrected chi connectivity index (χ3v) is 2.56. The van der Waals surface area contributed by atoms with Gasteiger partial charge < -0.3 is 5.11 Å². The third kappa shape index (κ3) is 5.09. The fourth-order valence-electron chi connectivity index (χ4n) is 1.12. The van der Waals surface area contributed by atoms with Crippen molar-refractivity contribution >= 4 is 27.3 Å². The van der Waals surface area contributed by atoms with Crippen LogP contribution in [0.4, 0.5) is 5.69 Å². The first-order valence-corrected chi connectivity index (χ1v) is 7.06. The SMILES string of the molecule is CS(=O)(=O)Nc1cc(Cl)ccc1C#CCCO. The first-order valence-electron chi connectivity index (χ1n) is 4.79. The molecule has 0 atom stereocenters. The molecule has 0 saturated heterocycles. The summed E-state index contributed by atoms with van der Waals surface area (Å²) < 4.78 is 24.6. The van der Waals surface area contributed by atoms with Gasteiger partial charge in [-0.25, -0.2) is 8.42 Å². The largest absolute Gasteiger partial charge is 0.395 e. The van der Waals surface area contributed by atoms with E-state index in [4.69, 9.17) is 16.7 Å². The van der Waals surface area contributed by atoms with E-state index < -0.39 is 10.0 Å². The highest BCUT2D eigenvalue weighted by Crippen LogP contribution is 2.21. The van der Waals surface area contributed by atoms with E-state index in [0.717, 1.165) is 6.26 Å². The highest BCUT2D eigenvalue weighted by molar-refractivity contribution is 7.92. The number of sulfonamides is 1. The quantitative estimate of drug-likeness (QED) is 0.819. The van der Waals surface area contributed by atoms with Crippen LogP contribution >= 0.6 is 11.6 Å². The average Bonchev–Trinajstić information content (AvgIpc) is 2.19. The van der Waals surface area contributed by atoms with E-state index in [1.807, 2.05) is 0 Å². The lowest BCUT2D eigenvalue weighted by molar-refractivity contribution is 0.305. The molecule has 1 aromatic rings. The average molecular weight is 274 g/mol. The van der Waals surface area contributed by atoms with Gasteiger partial charge in [-0.1, -0.05) is 23.4 Å². The normalized spacial score (nSPS) is 10.5. The molecule has 0 saturated carbocycles. The molecule has 0 unspecified atom stereocenters. The molecule has 0 amide bonds. The zero-order valence-corrected chi connectivity index (χ0v) is 10.8. The van der Waals surface area contributed by atoms with Crippen molar-refractivity contribution in [3.8, 4) is 11.8 Å². The summed E-state index contributed by atoms with van der Waals surface area (Å²) in [6, 6.07) is 4.74. The molecule has 6 heteroatoms. The molecule has 0 aliphatic heterocycles. The van der Waals surface area contributed by atoms with Crippen molar-refractivity contribution in [1.82, 2.24) is 0 Å². The van der Waals surface area contributed by atoms with Gasteiger partial charge in [0.15, 0.2) is 0 Å². The zero-order chi connectivity index (χ0) is 12.9. The van der Waals surface area contributed by atoms with E-state index in [1.165, 1.54) is 6.07 Å². The summed E-state index contributed by atoms with van der Waals surface area (Å²) in [5.41, 5.74) is 0.860. The Morgan fingerprint density at radius 1 is 1.47 bits per heavy atom. The number of aliphatic hydroxyl groups excluding tert-OH is 1. The summed E-state index contributed by atoms with van der Waals surface area (Å²) in [6.45, 7) is -0.0323. The van der Waals surface area contributed by atoms with Gasteiger partial charge in [-0.3, -0.25) is 4.72 Å². The number of aliphatic hydroxyl groups is 1. The van der Waals surface area contributed by atoms with Gasteiger partial charge in [0, 0.05) is 17.0 Å².